The van der Waals surface area contributed by atoms with Crippen molar-refractivity contribution in [2.75, 3.05) is 0 Å². The number of rotatable bonds is 4. The van der Waals surface area contributed by atoms with Gasteiger partial charge in [-0.2, -0.15) is 0 Å². The largest absolute Gasteiger partial charge is 0.451 e. The van der Waals surface area contributed by atoms with E-state index in [4.69, 9.17) is 39.5 Å². The van der Waals surface area contributed by atoms with Crippen molar-refractivity contribution in [3.8, 4) is 0 Å². The van der Waals surface area contributed by atoms with Gasteiger partial charge < -0.3 is 4.74 Å². The van der Waals surface area contributed by atoms with Crippen LogP contribution >= 0.6 is 34.8 Å². The van der Waals surface area contributed by atoms with Gasteiger partial charge in [0.25, 0.3) is 0 Å². The maximum atomic E-state index is 12.2. The highest BCUT2D eigenvalue weighted by Crippen LogP contribution is 2.22. The molecule has 0 radical (unpaired) electrons. The number of ether oxygens (including phenoxy) is 1. The van der Waals surface area contributed by atoms with Crippen molar-refractivity contribution in [3.05, 3.63) is 68.7 Å². The standard InChI is InChI=1S/C16H11Cl3O3/c1-9(15(20)10-2-4-11(17)5-3-10)22-16(21)13-8-12(18)6-7-14(13)19/h2-9H,1H3/t9-/m1/s1. The first-order chi connectivity index (χ1) is 10.4. The van der Waals surface area contributed by atoms with Gasteiger partial charge in [0, 0.05) is 15.6 Å². The first kappa shape index (κ1) is 16.8. The summed E-state index contributed by atoms with van der Waals surface area (Å²) in [5, 5.41) is 1.08. The molecular weight excluding hydrogens is 347 g/mol. The van der Waals surface area contributed by atoms with E-state index < -0.39 is 12.1 Å². The van der Waals surface area contributed by atoms with Gasteiger partial charge >= 0.3 is 5.97 Å². The average molecular weight is 358 g/mol. The lowest BCUT2D eigenvalue weighted by Gasteiger charge is -2.13. The highest BCUT2D eigenvalue weighted by atomic mass is 35.5. The van der Waals surface area contributed by atoms with Gasteiger partial charge in [0.1, 0.15) is 0 Å². The monoisotopic (exact) mass is 356 g/mol. The van der Waals surface area contributed by atoms with Crippen LogP contribution in [0.15, 0.2) is 42.5 Å². The second-order valence-corrected chi connectivity index (χ2v) is 5.82. The molecule has 3 nitrogen and oxygen atoms in total. The van der Waals surface area contributed by atoms with E-state index in [0.717, 1.165) is 0 Å². The van der Waals surface area contributed by atoms with Crippen LogP contribution in [-0.4, -0.2) is 17.9 Å². The predicted molar refractivity (Wildman–Crippen MR) is 87.1 cm³/mol. The molecule has 0 fully saturated rings. The van der Waals surface area contributed by atoms with Crippen LogP contribution in [0.1, 0.15) is 27.6 Å². The minimum absolute atomic E-state index is 0.116. The lowest BCUT2D eigenvalue weighted by molar-refractivity contribution is 0.0319. The first-order valence-corrected chi connectivity index (χ1v) is 7.47. The van der Waals surface area contributed by atoms with Crippen LogP contribution in [-0.2, 0) is 4.74 Å². The van der Waals surface area contributed by atoms with Gasteiger partial charge in [-0.25, -0.2) is 4.79 Å². The Bertz CT molecular complexity index is 711. The molecule has 0 saturated carbocycles. The van der Waals surface area contributed by atoms with Gasteiger partial charge in [-0.3, -0.25) is 4.79 Å². The Labute approximate surface area is 142 Å². The number of benzene rings is 2. The fourth-order valence-corrected chi connectivity index (χ4v) is 2.27. The summed E-state index contributed by atoms with van der Waals surface area (Å²) in [6, 6.07) is 10.8. The smallest absolute Gasteiger partial charge is 0.340 e. The Morgan fingerprint density at radius 1 is 0.955 bits per heavy atom. The molecular formula is C16H11Cl3O3. The summed E-state index contributed by atoms with van der Waals surface area (Å²) in [4.78, 5) is 24.3. The van der Waals surface area contributed by atoms with Crippen LogP contribution in [0.4, 0.5) is 0 Å². The van der Waals surface area contributed by atoms with Crippen molar-refractivity contribution in [1.29, 1.82) is 0 Å². The fraction of sp³-hybridized carbons (Fsp3) is 0.125. The molecule has 0 spiro atoms. The molecule has 2 rings (SSSR count). The molecule has 2 aromatic rings. The molecule has 1 atom stereocenters. The molecule has 22 heavy (non-hydrogen) atoms. The molecule has 2 aromatic carbocycles. The molecule has 0 saturated heterocycles. The van der Waals surface area contributed by atoms with Crippen LogP contribution in [0.5, 0.6) is 0 Å². The third kappa shape index (κ3) is 4.01. The van der Waals surface area contributed by atoms with Gasteiger partial charge in [0.2, 0.25) is 5.78 Å². The van der Waals surface area contributed by atoms with E-state index in [0.29, 0.717) is 15.6 Å². The number of esters is 1. The summed E-state index contributed by atoms with van der Waals surface area (Å²) in [6.07, 6.45) is -0.955. The normalized spacial score (nSPS) is 11.8. The molecule has 114 valence electrons. The van der Waals surface area contributed by atoms with E-state index in [-0.39, 0.29) is 16.4 Å². The van der Waals surface area contributed by atoms with Crippen molar-refractivity contribution in [2.24, 2.45) is 0 Å². The highest BCUT2D eigenvalue weighted by molar-refractivity contribution is 6.35. The molecule has 0 unspecified atom stereocenters. The van der Waals surface area contributed by atoms with Crippen molar-refractivity contribution in [3.63, 3.8) is 0 Å². The molecule has 0 aliphatic rings. The van der Waals surface area contributed by atoms with Gasteiger partial charge in [-0.1, -0.05) is 34.8 Å². The van der Waals surface area contributed by atoms with Crippen molar-refractivity contribution < 1.29 is 14.3 Å². The quantitative estimate of drug-likeness (QED) is 0.566. The fourth-order valence-electron chi connectivity index (χ4n) is 1.78. The SMILES string of the molecule is C[C@@H](OC(=O)c1cc(Cl)ccc1Cl)C(=O)c1ccc(Cl)cc1. The third-order valence-electron chi connectivity index (χ3n) is 2.93. The Morgan fingerprint density at radius 2 is 1.55 bits per heavy atom. The average Bonchev–Trinajstić information content (AvgIpc) is 2.49. The maximum absolute atomic E-state index is 12.2. The number of hydrogen-bond donors (Lipinski definition) is 0. The number of carbonyl (C=O) groups excluding carboxylic acids is 2. The number of Topliss-reactive ketones (excluding diaryl/α,β-unsaturated/α-hetero) is 1. The lowest BCUT2D eigenvalue weighted by atomic mass is 10.1. The number of hydrogen-bond acceptors (Lipinski definition) is 3. The zero-order chi connectivity index (χ0) is 16.3. The molecule has 0 aromatic heterocycles. The molecule has 0 aliphatic heterocycles. The van der Waals surface area contributed by atoms with Crippen LogP contribution in [0, 0.1) is 0 Å². The molecule has 0 amide bonds. The Hall–Kier alpha value is -1.55. The minimum atomic E-state index is -0.955. The number of ketones is 1. The Balaban J connectivity index is 2.12. The third-order valence-corrected chi connectivity index (χ3v) is 3.75. The van der Waals surface area contributed by atoms with E-state index in [9.17, 15) is 9.59 Å². The molecule has 0 N–H and O–H groups in total. The van der Waals surface area contributed by atoms with E-state index in [1.54, 1.807) is 30.3 Å². The van der Waals surface area contributed by atoms with Crippen molar-refractivity contribution >= 4 is 46.6 Å². The summed E-state index contributed by atoms with van der Waals surface area (Å²) in [5.41, 5.74) is 0.520. The lowest BCUT2D eigenvalue weighted by Crippen LogP contribution is -2.24. The first-order valence-electron chi connectivity index (χ1n) is 6.34. The Kier molecular flexibility index (Phi) is 5.46. The number of halogens is 3. The van der Waals surface area contributed by atoms with Crippen LogP contribution in [0.3, 0.4) is 0 Å². The minimum Gasteiger partial charge on any atom is -0.451 e. The van der Waals surface area contributed by atoms with Crippen molar-refractivity contribution in [2.45, 2.75) is 13.0 Å². The topological polar surface area (TPSA) is 43.4 Å². The van der Waals surface area contributed by atoms with Crippen LogP contribution in [0.25, 0.3) is 0 Å². The van der Waals surface area contributed by atoms with E-state index >= 15 is 0 Å². The van der Waals surface area contributed by atoms with Gasteiger partial charge in [-0.05, 0) is 49.4 Å². The zero-order valence-electron chi connectivity index (χ0n) is 11.5. The van der Waals surface area contributed by atoms with Crippen molar-refractivity contribution in [1.82, 2.24) is 0 Å². The summed E-state index contributed by atoms with van der Waals surface area (Å²) in [5.74, 6) is -1.04. The van der Waals surface area contributed by atoms with Gasteiger partial charge in [0.05, 0.1) is 10.6 Å². The maximum Gasteiger partial charge on any atom is 0.340 e. The summed E-state index contributed by atoms with van der Waals surface area (Å²) in [7, 11) is 0. The predicted octanol–water partition coefficient (Wildman–Crippen LogP) is 5.08. The summed E-state index contributed by atoms with van der Waals surface area (Å²) in [6.45, 7) is 1.49. The van der Waals surface area contributed by atoms with Gasteiger partial charge in [-0.15, -0.1) is 0 Å². The highest BCUT2D eigenvalue weighted by Gasteiger charge is 2.22. The zero-order valence-corrected chi connectivity index (χ0v) is 13.7. The molecule has 0 heterocycles. The summed E-state index contributed by atoms with van der Waals surface area (Å²) < 4.78 is 5.15. The van der Waals surface area contributed by atoms with E-state index in [1.165, 1.54) is 19.1 Å². The van der Waals surface area contributed by atoms with E-state index in [2.05, 4.69) is 0 Å². The second-order valence-electron chi connectivity index (χ2n) is 4.54. The number of carbonyl (C=O) groups is 2. The van der Waals surface area contributed by atoms with E-state index in [1.807, 2.05) is 0 Å². The molecule has 0 aliphatic carbocycles. The Morgan fingerprint density at radius 3 is 2.18 bits per heavy atom. The second kappa shape index (κ2) is 7.14. The van der Waals surface area contributed by atoms with Crippen LogP contribution < -0.4 is 0 Å². The molecule has 6 heteroatoms. The van der Waals surface area contributed by atoms with Crippen LogP contribution in [0.2, 0.25) is 15.1 Å². The van der Waals surface area contributed by atoms with Gasteiger partial charge in [0.15, 0.2) is 6.10 Å². The summed E-state index contributed by atoms with van der Waals surface area (Å²) >= 11 is 17.5. The molecule has 0 bridgehead atoms.